The maximum Gasteiger partial charge on any atom is 0.261 e. The van der Waals surface area contributed by atoms with E-state index in [-0.39, 0.29) is 35.4 Å². The molecule has 4 rings (SSSR count). The number of carbonyl (C=O) groups is 2. The van der Waals surface area contributed by atoms with Crippen LogP contribution in [-0.2, 0) is 21.4 Å². The molecule has 0 saturated heterocycles. The third-order valence-electron chi connectivity index (χ3n) is 4.63. The van der Waals surface area contributed by atoms with E-state index in [4.69, 9.17) is 9.47 Å². The van der Waals surface area contributed by atoms with Gasteiger partial charge in [0.15, 0.2) is 11.5 Å². The molecule has 2 heterocycles. The Balaban J connectivity index is 1.41. The van der Waals surface area contributed by atoms with Crippen molar-refractivity contribution < 1.29 is 27.5 Å². The number of benzene rings is 2. The Morgan fingerprint density at radius 2 is 1.73 bits per heavy atom. The molecule has 170 valence electrons. The van der Waals surface area contributed by atoms with E-state index in [1.54, 1.807) is 12.1 Å². The van der Waals surface area contributed by atoms with E-state index in [2.05, 4.69) is 20.3 Å². The van der Waals surface area contributed by atoms with Gasteiger partial charge < -0.3 is 20.1 Å². The van der Waals surface area contributed by atoms with Crippen LogP contribution in [0.2, 0.25) is 0 Å². The zero-order chi connectivity index (χ0) is 23.4. The highest BCUT2D eigenvalue weighted by atomic mass is 32.2. The standard InChI is InChI=1S/C22H20N4O6S/c1-14(27)25-17-3-5-19(6-4-17)33(29,30)26-18-9-16(11-23-12-18)22(28)24-10-15-2-7-20-21(8-15)32-13-31-20/h2-9,11-12,26H,10,13H2,1H3,(H,24,28)(H,25,27). The molecule has 10 nitrogen and oxygen atoms in total. The summed E-state index contributed by atoms with van der Waals surface area (Å²) < 4.78 is 38.3. The van der Waals surface area contributed by atoms with Crippen molar-refractivity contribution >= 4 is 33.2 Å². The number of hydrogen-bond donors (Lipinski definition) is 3. The van der Waals surface area contributed by atoms with Gasteiger partial charge in [-0.2, -0.15) is 0 Å². The van der Waals surface area contributed by atoms with E-state index < -0.39 is 15.9 Å². The molecule has 0 atom stereocenters. The van der Waals surface area contributed by atoms with E-state index in [0.717, 1.165) is 5.56 Å². The van der Waals surface area contributed by atoms with Crippen molar-refractivity contribution in [2.75, 3.05) is 16.8 Å². The first-order valence-electron chi connectivity index (χ1n) is 9.82. The van der Waals surface area contributed by atoms with Crippen molar-refractivity contribution in [1.82, 2.24) is 10.3 Å². The summed E-state index contributed by atoms with van der Waals surface area (Å²) in [5.41, 5.74) is 1.62. The van der Waals surface area contributed by atoms with Crippen LogP contribution in [0.5, 0.6) is 11.5 Å². The van der Waals surface area contributed by atoms with Gasteiger partial charge in [0.2, 0.25) is 12.7 Å². The van der Waals surface area contributed by atoms with Crippen molar-refractivity contribution in [3.05, 3.63) is 72.1 Å². The van der Waals surface area contributed by atoms with Gasteiger partial charge in [0, 0.05) is 25.4 Å². The number of anilines is 2. The van der Waals surface area contributed by atoms with Crippen LogP contribution in [0.1, 0.15) is 22.8 Å². The molecule has 0 spiro atoms. The lowest BCUT2D eigenvalue weighted by Crippen LogP contribution is -2.23. The van der Waals surface area contributed by atoms with E-state index in [0.29, 0.717) is 17.2 Å². The number of nitrogens with one attached hydrogen (secondary N) is 3. The number of sulfonamides is 1. The summed E-state index contributed by atoms with van der Waals surface area (Å²) in [7, 11) is -3.92. The smallest absolute Gasteiger partial charge is 0.261 e. The fraction of sp³-hybridized carbons (Fsp3) is 0.136. The first-order valence-corrected chi connectivity index (χ1v) is 11.3. The molecule has 2 aromatic carbocycles. The zero-order valence-electron chi connectivity index (χ0n) is 17.5. The Bertz CT molecular complexity index is 1310. The minimum atomic E-state index is -3.92. The quantitative estimate of drug-likeness (QED) is 0.485. The number of nitrogens with zero attached hydrogens (tertiary/aromatic N) is 1. The second kappa shape index (κ2) is 9.17. The van der Waals surface area contributed by atoms with Crippen LogP contribution in [-0.4, -0.2) is 32.0 Å². The van der Waals surface area contributed by atoms with Crippen molar-refractivity contribution in [2.45, 2.75) is 18.4 Å². The zero-order valence-corrected chi connectivity index (χ0v) is 18.3. The highest BCUT2D eigenvalue weighted by Gasteiger charge is 2.17. The van der Waals surface area contributed by atoms with Crippen LogP contribution in [0.4, 0.5) is 11.4 Å². The molecule has 0 bridgehead atoms. The van der Waals surface area contributed by atoms with Crippen LogP contribution in [0.3, 0.4) is 0 Å². The molecule has 0 unspecified atom stereocenters. The summed E-state index contributed by atoms with van der Waals surface area (Å²) in [5.74, 6) is 0.591. The third kappa shape index (κ3) is 5.39. The van der Waals surface area contributed by atoms with E-state index in [1.165, 1.54) is 49.6 Å². The van der Waals surface area contributed by atoms with Gasteiger partial charge in [-0.1, -0.05) is 6.07 Å². The fourth-order valence-electron chi connectivity index (χ4n) is 3.09. The van der Waals surface area contributed by atoms with Crippen LogP contribution in [0.15, 0.2) is 65.8 Å². The van der Waals surface area contributed by atoms with E-state index in [1.807, 2.05) is 6.07 Å². The molecule has 33 heavy (non-hydrogen) atoms. The van der Waals surface area contributed by atoms with Gasteiger partial charge >= 0.3 is 0 Å². The largest absolute Gasteiger partial charge is 0.454 e. The maximum atomic E-state index is 12.7. The molecule has 0 fully saturated rings. The highest BCUT2D eigenvalue weighted by molar-refractivity contribution is 7.92. The molecular formula is C22H20N4O6S. The molecule has 2 amide bonds. The minimum Gasteiger partial charge on any atom is -0.454 e. The summed E-state index contributed by atoms with van der Waals surface area (Å²) in [6.45, 7) is 1.77. The van der Waals surface area contributed by atoms with Gasteiger partial charge in [0.05, 0.1) is 22.3 Å². The minimum absolute atomic E-state index is 0.00531. The highest BCUT2D eigenvalue weighted by Crippen LogP contribution is 2.32. The fourth-order valence-corrected chi connectivity index (χ4v) is 4.12. The average Bonchev–Trinajstić information content (AvgIpc) is 3.25. The number of carbonyl (C=O) groups excluding carboxylic acids is 2. The van der Waals surface area contributed by atoms with Crippen LogP contribution >= 0.6 is 0 Å². The normalized spacial score (nSPS) is 12.2. The van der Waals surface area contributed by atoms with Crippen molar-refractivity contribution in [3.8, 4) is 11.5 Å². The molecule has 1 aromatic heterocycles. The molecular weight excluding hydrogens is 448 g/mol. The maximum absolute atomic E-state index is 12.7. The van der Waals surface area contributed by atoms with Crippen molar-refractivity contribution in [2.24, 2.45) is 0 Å². The number of aromatic nitrogens is 1. The van der Waals surface area contributed by atoms with Gasteiger partial charge in [-0.15, -0.1) is 0 Å². The van der Waals surface area contributed by atoms with Crippen LogP contribution < -0.4 is 24.8 Å². The summed E-state index contributed by atoms with van der Waals surface area (Å²) in [6, 6.07) is 12.4. The Labute approximate surface area is 190 Å². The Kier molecular flexibility index (Phi) is 6.13. The number of rotatable bonds is 7. The van der Waals surface area contributed by atoms with Gasteiger partial charge in [-0.25, -0.2) is 8.42 Å². The molecule has 0 aliphatic carbocycles. The topological polar surface area (TPSA) is 136 Å². The Hall–Kier alpha value is -4.12. The Morgan fingerprint density at radius 3 is 2.48 bits per heavy atom. The molecule has 0 saturated carbocycles. The third-order valence-corrected chi connectivity index (χ3v) is 6.02. The second-order valence-electron chi connectivity index (χ2n) is 7.14. The Morgan fingerprint density at radius 1 is 0.970 bits per heavy atom. The van der Waals surface area contributed by atoms with Crippen molar-refractivity contribution in [3.63, 3.8) is 0 Å². The second-order valence-corrected chi connectivity index (χ2v) is 8.83. The lowest BCUT2D eigenvalue weighted by molar-refractivity contribution is -0.114. The molecule has 3 N–H and O–H groups in total. The SMILES string of the molecule is CC(=O)Nc1ccc(S(=O)(=O)Nc2cncc(C(=O)NCc3ccc4c(c3)OCO4)c2)cc1. The van der Waals surface area contributed by atoms with Gasteiger partial charge in [-0.3, -0.25) is 19.3 Å². The summed E-state index contributed by atoms with van der Waals surface area (Å²) in [5, 5.41) is 5.33. The molecule has 3 aromatic rings. The van der Waals surface area contributed by atoms with Crippen LogP contribution in [0.25, 0.3) is 0 Å². The summed E-state index contributed by atoms with van der Waals surface area (Å²) >= 11 is 0. The predicted octanol–water partition coefficient (Wildman–Crippen LogP) is 2.50. The van der Waals surface area contributed by atoms with Gasteiger partial charge in [-0.05, 0) is 48.0 Å². The number of hydrogen-bond acceptors (Lipinski definition) is 7. The van der Waals surface area contributed by atoms with Crippen molar-refractivity contribution in [1.29, 1.82) is 0 Å². The van der Waals surface area contributed by atoms with E-state index in [9.17, 15) is 18.0 Å². The first-order chi connectivity index (χ1) is 15.8. The van der Waals surface area contributed by atoms with E-state index >= 15 is 0 Å². The number of ether oxygens (including phenoxy) is 2. The molecule has 0 radical (unpaired) electrons. The summed E-state index contributed by atoms with van der Waals surface area (Å²) in [4.78, 5) is 27.6. The first kappa shape index (κ1) is 22.1. The number of fused-ring (bicyclic) bond motifs is 1. The lowest BCUT2D eigenvalue weighted by Gasteiger charge is -2.10. The monoisotopic (exact) mass is 468 g/mol. The number of pyridine rings is 1. The molecule has 11 heteroatoms. The number of amides is 2. The van der Waals surface area contributed by atoms with Gasteiger partial charge in [0.1, 0.15) is 0 Å². The average molecular weight is 468 g/mol. The molecule has 1 aliphatic heterocycles. The van der Waals surface area contributed by atoms with Gasteiger partial charge in [0.25, 0.3) is 15.9 Å². The lowest BCUT2D eigenvalue weighted by atomic mass is 10.2. The predicted molar refractivity (Wildman–Crippen MR) is 120 cm³/mol. The van der Waals surface area contributed by atoms with Crippen LogP contribution in [0, 0.1) is 0 Å². The molecule has 1 aliphatic rings. The summed E-state index contributed by atoms with van der Waals surface area (Å²) in [6.07, 6.45) is 2.65.